The topological polar surface area (TPSA) is 23.5 Å². The normalized spacial score (nSPS) is 27.3. The molecule has 0 aliphatic heterocycles. The first-order valence-corrected chi connectivity index (χ1v) is 9.06. The Kier molecular flexibility index (Phi) is 5.37. The molecule has 0 spiro atoms. The van der Waals surface area contributed by atoms with E-state index in [1.807, 2.05) is 6.07 Å². The van der Waals surface area contributed by atoms with Crippen LogP contribution in [0.5, 0.6) is 0 Å². The van der Waals surface area contributed by atoms with Crippen LogP contribution in [-0.4, -0.2) is 35.7 Å². The lowest BCUT2D eigenvalue weighted by atomic mass is 9.70. The summed E-state index contributed by atoms with van der Waals surface area (Å²) in [7, 11) is 4.21. The molecule has 0 bridgehead atoms. The third-order valence-corrected chi connectivity index (χ3v) is 5.64. The van der Waals surface area contributed by atoms with Gasteiger partial charge < -0.3 is 10.0 Å². The van der Waals surface area contributed by atoms with Crippen LogP contribution in [0.3, 0.4) is 0 Å². The van der Waals surface area contributed by atoms with Crippen LogP contribution < -0.4 is 0 Å². The molecule has 2 nitrogen and oxygen atoms in total. The van der Waals surface area contributed by atoms with Crippen molar-refractivity contribution in [3.05, 3.63) is 71.8 Å². The summed E-state index contributed by atoms with van der Waals surface area (Å²) >= 11 is 0. The minimum absolute atomic E-state index is 0.208. The molecule has 0 heterocycles. The Morgan fingerprint density at radius 3 is 2.25 bits per heavy atom. The Morgan fingerprint density at radius 2 is 1.62 bits per heavy atom. The predicted octanol–water partition coefficient (Wildman–Crippen LogP) is 4.25. The molecule has 0 aromatic heterocycles. The predicted molar refractivity (Wildman–Crippen MR) is 100 cm³/mol. The number of likely N-dealkylation sites (N-methyl/N-ethyl adjacent to an activating group) is 1. The van der Waals surface area contributed by atoms with Crippen molar-refractivity contribution in [2.45, 2.75) is 49.7 Å². The Morgan fingerprint density at radius 1 is 1.00 bits per heavy atom. The highest BCUT2D eigenvalue weighted by molar-refractivity contribution is 5.22. The Labute approximate surface area is 146 Å². The van der Waals surface area contributed by atoms with Gasteiger partial charge in [-0.1, -0.05) is 60.7 Å². The third kappa shape index (κ3) is 3.88. The van der Waals surface area contributed by atoms with Gasteiger partial charge in [-0.15, -0.1) is 0 Å². The highest BCUT2D eigenvalue weighted by Crippen LogP contribution is 2.41. The summed E-state index contributed by atoms with van der Waals surface area (Å²) in [5, 5.41) is 11.4. The monoisotopic (exact) mass is 323 g/mol. The molecular weight excluding hydrogens is 294 g/mol. The highest BCUT2D eigenvalue weighted by atomic mass is 16.3. The van der Waals surface area contributed by atoms with Crippen molar-refractivity contribution in [1.82, 2.24) is 4.90 Å². The zero-order chi connectivity index (χ0) is 17.0. The lowest BCUT2D eigenvalue weighted by Crippen LogP contribution is -2.53. The van der Waals surface area contributed by atoms with Crippen molar-refractivity contribution in [2.75, 3.05) is 14.1 Å². The second-order valence-corrected chi connectivity index (χ2v) is 7.45. The fraction of sp³-hybridized carbons (Fsp3) is 0.455. The van der Waals surface area contributed by atoms with E-state index in [0.717, 1.165) is 32.1 Å². The van der Waals surface area contributed by atoms with Gasteiger partial charge in [0.1, 0.15) is 0 Å². The van der Waals surface area contributed by atoms with E-state index in [1.165, 1.54) is 11.1 Å². The largest absolute Gasteiger partial charge is 0.388 e. The second-order valence-electron chi connectivity index (χ2n) is 7.45. The standard InChI is InChI=1S/C22H29NO/c1-23(2)21-17-20(19-11-7-4-8-12-19)14-16-22(21,24)15-13-18-9-5-3-6-10-18/h3-12,20-21,24H,13-17H2,1-2H3. The summed E-state index contributed by atoms with van der Waals surface area (Å²) in [6.07, 6.45) is 4.75. The molecule has 1 aliphatic rings. The van der Waals surface area contributed by atoms with E-state index in [9.17, 15) is 5.11 Å². The Bertz CT molecular complexity index is 625. The summed E-state index contributed by atoms with van der Waals surface area (Å²) in [5.41, 5.74) is 2.13. The first-order chi connectivity index (χ1) is 11.6. The highest BCUT2D eigenvalue weighted by Gasteiger charge is 2.43. The lowest BCUT2D eigenvalue weighted by Gasteiger charge is -2.46. The molecule has 2 aromatic carbocycles. The molecule has 1 saturated carbocycles. The van der Waals surface area contributed by atoms with Crippen LogP contribution in [0.4, 0.5) is 0 Å². The number of nitrogens with zero attached hydrogens (tertiary/aromatic N) is 1. The molecule has 1 N–H and O–H groups in total. The van der Waals surface area contributed by atoms with Gasteiger partial charge in [-0.2, -0.15) is 0 Å². The first kappa shape index (κ1) is 17.2. The Hall–Kier alpha value is -1.64. The van der Waals surface area contributed by atoms with Gasteiger partial charge in [0, 0.05) is 6.04 Å². The fourth-order valence-corrected chi connectivity index (χ4v) is 4.21. The minimum Gasteiger partial charge on any atom is -0.388 e. The molecule has 0 radical (unpaired) electrons. The number of hydrogen-bond acceptors (Lipinski definition) is 2. The van der Waals surface area contributed by atoms with Gasteiger partial charge >= 0.3 is 0 Å². The molecule has 2 aromatic rings. The molecule has 128 valence electrons. The summed E-state index contributed by atoms with van der Waals surface area (Å²) in [4.78, 5) is 2.22. The van der Waals surface area contributed by atoms with Crippen molar-refractivity contribution in [3.63, 3.8) is 0 Å². The molecule has 3 atom stereocenters. The number of benzene rings is 2. The summed E-state index contributed by atoms with van der Waals surface area (Å²) in [6, 6.07) is 21.5. The molecule has 24 heavy (non-hydrogen) atoms. The smallest absolute Gasteiger partial charge is 0.0805 e. The van der Waals surface area contributed by atoms with Gasteiger partial charge in [0.25, 0.3) is 0 Å². The fourth-order valence-electron chi connectivity index (χ4n) is 4.21. The van der Waals surface area contributed by atoms with Crippen LogP contribution >= 0.6 is 0 Å². The molecule has 3 rings (SSSR count). The minimum atomic E-state index is -0.593. The van der Waals surface area contributed by atoms with Gasteiger partial charge in [0.15, 0.2) is 0 Å². The average molecular weight is 323 g/mol. The maximum absolute atomic E-state index is 11.4. The van der Waals surface area contributed by atoms with E-state index in [1.54, 1.807) is 0 Å². The average Bonchev–Trinajstić information content (AvgIpc) is 2.62. The molecular formula is C22H29NO. The quantitative estimate of drug-likeness (QED) is 0.889. The zero-order valence-electron chi connectivity index (χ0n) is 14.9. The molecule has 3 unspecified atom stereocenters. The van der Waals surface area contributed by atoms with Crippen LogP contribution in [0.2, 0.25) is 0 Å². The van der Waals surface area contributed by atoms with Crippen LogP contribution in [0, 0.1) is 0 Å². The van der Waals surface area contributed by atoms with Crippen molar-refractivity contribution >= 4 is 0 Å². The van der Waals surface area contributed by atoms with Crippen molar-refractivity contribution < 1.29 is 5.11 Å². The van der Waals surface area contributed by atoms with E-state index in [4.69, 9.17) is 0 Å². The van der Waals surface area contributed by atoms with Gasteiger partial charge in [0.2, 0.25) is 0 Å². The molecule has 1 aliphatic carbocycles. The van der Waals surface area contributed by atoms with Gasteiger partial charge in [-0.3, -0.25) is 0 Å². The first-order valence-electron chi connectivity index (χ1n) is 9.06. The van der Waals surface area contributed by atoms with Crippen molar-refractivity contribution in [1.29, 1.82) is 0 Å². The second kappa shape index (κ2) is 7.50. The molecule has 0 saturated heterocycles. The van der Waals surface area contributed by atoms with Gasteiger partial charge in [0.05, 0.1) is 5.60 Å². The van der Waals surface area contributed by atoms with Gasteiger partial charge in [-0.25, -0.2) is 0 Å². The zero-order valence-corrected chi connectivity index (χ0v) is 14.9. The number of hydrogen-bond donors (Lipinski definition) is 1. The van der Waals surface area contributed by atoms with Crippen LogP contribution in [0.15, 0.2) is 60.7 Å². The van der Waals surface area contributed by atoms with E-state index in [2.05, 4.69) is 73.6 Å². The van der Waals surface area contributed by atoms with Crippen LogP contribution in [0.25, 0.3) is 0 Å². The Balaban J connectivity index is 1.71. The SMILES string of the molecule is CN(C)C1CC(c2ccccc2)CCC1(O)CCc1ccccc1. The summed E-state index contributed by atoms with van der Waals surface area (Å²) in [5.74, 6) is 0.551. The van der Waals surface area contributed by atoms with E-state index in [-0.39, 0.29) is 6.04 Å². The molecule has 1 fully saturated rings. The van der Waals surface area contributed by atoms with Gasteiger partial charge in [-0.05, 0) is 63.2 Å². The number of rotatable bonds is 5. The van der Waals surface area contributed by atoms with Crippen LogP contribution in [-0.2, 0) is 6.42 Å². The summed E-state index contributed by atoms with van der Waals surface area (Å²) in [6.45, 7) is 0. The lowest BCUT2D eigenvalue weighted by molar-refractivity contribution is -0.0706. The summed E-state index contributed by atoms with van der Waals surface area (Å²) < 4.78 is 0. The number of aryl methyl sites for hydroxylation is 1. The third-order valence-electron chi connectivity index (χ3n) is 5.64. The number of aliphatic hydroxyl groups is 1. The van der Waals surface area contributed by atoms with Crippen LogP contribution in [0.1, 0.15) is 42.7 Å². The van der Waals surface area contributed by atoms with Crippen molar-refractivity contribution in [2.24, 2.45) is 0 Å². The molecule has 0 amide bonds. The van der Waals surface area contributed by atoms with E-state index in [0.29, 0.717) is 5.92 Å². The van der Waals surface area contributed by atoms with E-state index < -0.39 is 5.60 Å². The maximum atomic E-state index is 11.4. The van der Waals surface area contributed by atoms with E-state index >= 15 is 0 Å². The van der Waals surface area contributed by atoms with Crippen molar-refractivity contribution in [3.8, 4) is 0 Å². The maximum Gasteiger partial charge on any atom is 0.0805 e. The molecule has 2 heteroatoms.